The largest absolute Gasteiger partial charge is 0.438 e. The second kappa shape index (κ2) is 7.27. The minimum absolute atomic E-state index is 0.0755. The highest BCUT2D eigenvalue weighted by molar-refractivity contribution is 5.92. The van der Waals surface area contributed by atoms with E-state index in [1.165, 1.54) is 18.2 Å². The lowest BCUT2D eigenvalue weighted by molar-refractivity contribution is -0.124. The van der Waals surface area contributed by atoms with Gasteiger partial charge in [0, 0.05) is 26.7 Å². The lowest BCUT2D eigenvalue weighted by atomic mass is 10.0. The Labute approximate surface area is 140 Å². The first-order chi connectivity index (χ1) is 11.7. The molecule has 2 N–H and O–H groups in total. The lowest BCUT2D eigenvalue weighted by Crippen LogP contribution is -2.45. The van der Waals surface area contributed by atoms with Crippen molar-refractivity contribution in [3.63, 3.8) is 0 Å². The summed E-state index contributed by atoms with van der Waals surface area (Å²) in [5.41, 5.74) is 1.18. The monoisotopic (exact) mass is 328 g/mol. The third kappa shape index (κ3) is 3.62. The van der Waals surface area contributed by atoms with Gasteiger partial charge in [-0.1, -0.05) is 30.3 Å². The zero-order chi connectivity index (χ0) is 16.9. The molecule has 7 heteroatoms. The topological polar surface area (TPSA) is 87.5 Å². The van der Waals surface area contributed by atoms with Crippen LogP contribution < -0.4 is 10.6 Å². The van der Waals surface area contributed by atoms with Crippen LogP contribution in [0.3, 0.4) is 0 Å². The minimum Gasteiger partial charge on any atom is -0.438 e. The number of nitrogens with one attached hydrogen (secondary N) is 2. The van der Waals surface area contributed by atoms with Gasteiger partial charge in [-0.15, -0.1) is 0 Å². The Morgan fingerprint density at radius 3 is 2.75 bits per heavy atom. The van der Waals surface area contributed by atoms with Crippen LogP contribution in [0.1, 0.15) is 16.1 Å². The molecule has 1 fully saturated rings. The molecule has 0 spiro atoms. The molecule has 3 rings (SSSR count). The van der Waals surface area contributed by atoms with Crippen LogP contribution in [-0.4, -0.2) is 47.9 Å². The van der Waals surface area contributed by atoms with Gasteiger partial charge in [0.1, 0.15) is 0 Å². The number of rotatable bonds is 5. The van der Waals surface area contributed by atoms with Gasteiger partial charge in [0.25, 0.3) is 5.91 Å². The molecule has 1 aromatic heterocycles. The molecule has 7 nitrogen and oxygen atoms in total. The highest BCUT2D eigenvalue weighted by Crippen LogP contribution is 2.20. The van der Waals surface area contributed by atoms with Gasteiger partial charge in [-0.25, -0.2) is 4.98 Å². The van der Waals surface area contributed by atoms with Crippen LogP contribution in [0, 0.1) is 5.92 Å². The Morgan fingerprint density at radius 1 is 1.29 bits per heavy atom. The summed E-state index contributed by atoms with van der Waals surface area (Å²) in [7, 11) is 1.61. The van der Waals surface area contributed by atoms with E-state index in [-0.39, 0.29) is 29.5 Å². The summed E-state index contributed by atoms with van der Waals surface area (Å²) in [4.78, 5) is 30.3. The van der Waals surface area contributed by atoms with Crippen LogP contribution in [0.25, 0.3) is 0 Å². The first kappa shape index (κ1) is 16.2. The van der Waals surface area contributed by atoms with Crippen LogP contribution in [0.4, 0.5) is 0 Å². The second-order valence-corrected chi connectivity index (χ2v) is 5.85. The average molecular weight is 328 g/mol. The summed E-state index contributed by atoms with van der Waals surface area (Å²) in [6, 6.07) is 9.79. The maximum absolute atomic E-state index is 12.2. The summed E-state index contributed by atoms with van der Waals surface area (Å²) in [6.45, 7) is 1.94. The Balaban J connectivity index is 1.68. The van der Waals surface area contributed by atoms with Gasteiger partial charge in [0.2, 0.25) is 11.7 Å². The van der Waals surface area contributed by atoms with Gasteiger partial charge in [-0.2, -0.15) is 0 Å². The molecule has 1 aliphatic heterocycles. The summed E-state index contributed by atoms with van der Waals surface area (Å²) < 4.78 is 5.01. The maximum atomic E-state index is 12.2. The van der Waals surface area contributed by atoms with Crippen molar-refractivity contribution in [3.8, 4) is 0 Å². The third-order valence-corrected chi connectivity index (χ3v) is 4.20. The van der Waals surface area contributed by atoms with E-state index in [0.29, 0.717) is 13.1 Å². The van der Waals surface area contributed by atoms with E-state index in [1.807, 2.05) is 18.2 Å². The van der Waals surface area contributed by atoms with E-state index in [1.54, 1.807) is 7.05 Å². The van der Waals surface area contributed by atoms with Crippen molar-refractivity contribution < 1.29 is 14.0 Å². The number of benzene rings is 1. The first-order valence-electron chi connectivity index (χ1n) is 7.84. The number of hydrogen-bond acceptors (Lipinski definition) is 5. The smallest absolute Gasteiger partial charge is 0.288 e. The van der Waals surface area contributed by atoms with E-state index in [4.69, 9.17) is 4.42 Å². The molecule has 0 radical (unpaired) electrons. The van der Waals surface area contributed by atoms with Crippen molar-refractivity contribution in [2.24, 2.45) is 5.92 Å². The fourth-order valence-corrected chi connectivity index (χ4v) is 3.02. The summed E-state index contributed by atoms with van der Waals surface area (Å²) in [6.07, 6.45) is 2.57. The number of oxazole rings is 1. The fraction of sp³-hybridized carbons (Fsp3) is 0.353. The molecule has 126 valence electrons. The molecule has 0 aliphatic carbocycles. The molecular formula is C17H20N4O3. The number of carbonyl (C=O) groups excluding carboxylic acids is 2. The maximum Gasteiger partial charge on any atom is 0.288 e. The number of hydrogen-bond donors (Lipinski definition) is 2. The van der Waals surface area contributed by atoms with E-state index in [2.05, 4.69) is 32.7 Å². The number of amides is 2. The molecular weight excluding hydrogens is 308 g/mol. The molecule has 2 atom stereocenters. The minimum atomic E-state index is -0.354. The van der Waals surface area contributed by atoms with Crippen molar-refractivity contribution in [2.45, 2.75) is 12.6 Å². The van der Waals surface area contributed by atoms with E-state index < -0.39 is 0 Å². The molecule has 2 heterocycles. The van der Waals surface area contributed by atoms with Crippen LogP contribution in [0.2, 0.25) is 0 Å². The fourth-order valence-electron chi connectivity index (χ4n) is 3.02. The SMILES string of the molecule is CNC(=O)[C@H]1CN(Cc2ccccc2)C[C@@H]1NC(=O)c1cnco1. The predicted molar refractivity (Wildman–Crippen MR) is 87.0 cm³/mol. The quantitative estimate of drug-likeness (QED) is 0.841. The van der Waals surface area contributed by atoms with Gasteiger partial charge in [-0.3, -0.25) is 14.5 Å². The second-order valence-electron chi connectivity index (χ2n) is 5.85. The number of nitrogens with zero attached hydrogens (tertiary/aromatic N) is 2. The van der Waals surface area contributed by atoms with Crippen molar-refractivity contribution in [3.05, 3.63) is 54.2 Å². The van der Waals surface area contributed by atoms with Crippen LogP contribution in [-0.2, 0) is 11.3 Å². The third-order valence-electron chi connectivity index (χ3n) is 4.20. The van der Waals surface area contributed by atoms with E-state index in [0.717, 1.165) is 6.54 Å². The standard InChI is InChI=1S/C17H20N4O3/c1-18-16(22)13-9-21(8-12-5-3-2-4-6-12)10-14(13)20-17(23)15-7-19-11-24-15/h2-7,11,13-14H,8-10H2,1H3,(H,18,22)(H,20,23)/t13-,14-/m0/s1. The zero-order valence-electron chi connectivity index (χ0n) is 13.4. The average Bonchev–Trinajstić information content (AvgIpc) is 3.25. The molecule has 0 saturated carbocycles. The van der Waals surface area contributed by atoms with Gasteiger partial charge < -0.3 is 15.1 Å². The van der Waals surface area contributed by atoms with E-state index in [9.17, 15) is 9.59 Å². The van der Waals surface area contributed by atoms with Crippen LogP contribution >= 0.6 is 0 Å². The molecule has 2 amide bonds. The first-order valence-corrected chi connectivity index (χ1v) is 7.84. The lowest BCUT2D eigenvalue weighted by Gasteiger charge is -2.17. The van der Waals surface area contributed by atoms with Gasteiger partial charge in [-0.05, 0) is 5.56 Å². The van der Waals surface area contributed by atoms with E-state index >= 15 is 0 Å². The molecule has 1 saturated heterocycles. The van der Waals surface area contributed by atoms with Gasteiger partial charge in [0.15, 0.2) is 6.39 Å². The van der Waals surface area contributed by atoms with Crippen molar-refractivity contribution in [1.29, 1.82) is 0 Å². The van der Waals surface area contributed by atoms with Gasteiger partial charge in [0.05, 0.1) is 18.2 Å². The number of carbonyl (C=O) groups is 2. The Kier molecular flexibility index (Phi) is 4.90. The summed E-state index contributed by atoms with van der Waals surface area (Å²) in [5.74, 6) is -0.584. The Bertz CT molecular complexity index is 687. The number of likely N-dealkylation sites (tertiary alicyclic amines) is 1. The van der Waals surface area contributed by atoms with Crippen molar-refractivity contribution in [2.75, 3.05) is 20.1 Å². The summed E-state index contributed by atoms with van der Waals surface area (Å²) >= 11 is 0. The zero-order valence-corrected chi connectivity index (χ0v) is 13.4. The summed E-state index contributed by atoms with van der Waals surface area (Å²) in [5, 5.41) is 5.56. The van der Waals surface area contributed by atoms with Crippen LogP contribution in [0.15, 0.2) is 47.3 Å². The van der Waals surface area contributed by atoms with Crippen molar-refractivity contribution >= 4 is 11.8 Å². The number of aromatic nitrogens is 1. The highest BCUT2D eigenvalue weighted by Gasteiger charge is 2.38. The molecule has 0 unspecified atom stereocenters. The highest BCUT2D eigenvalue weighted by atomic mass is 16.3. The van der Waals surface area contributed by atoms with Gasteiger partial charge >= 0.3 is 0 Å². The molecule has 1 aliphatic rings. The molecule has 0 bridgehead atoms. The molecule has 1 aromatic carbocycles. The molecule has 2 aromatic rings. The Morgan fingerprint density at radius 2 is 2.08 bits per heavy atom. The molecule has 24 heavy (non-hydrogen) atoms. The predicted octanol–water partition coefficient (Wildman–Crippen LogP) is 0.651. The normalized spacial score (nSPS) is 20.7. The Hall–Kier alpha value is -2.67. The van der Waals surface area contributed by atoms with Crippen molar-refractivity contribution in [1.82, 2.24) is 20.5 Å². The van der Waals surface area contributed by atoms with Crippen LogP contribution in [0.5, 0.6) is 0 Å².